The zero-order valence-corrected chi connectivity index (χ0v) is 18.4. The van der Waals surface area contributed by atoms with Crippen molar-refractivity contribution in [1.29, 1.82) is 0 Å². The van der Waals surface area contributed by atoms with Gasteiger partial charge in [0.15, 0.2) is 11.5 Å². The van der Waals surface area contributed by atoms with Crippen LogP contribution in [0.1, 0.15) is 28.8 Å². The number of aryl methyl sites for hydroxylation is 1. The molecule has 0 saturated carbocycles. The summed E-state index contributed by atoms with van der Waals surface area (Å²) in [6.45, 7) is 1.72. The number of hydrogen-bond donors (Lipinski definition) is 1. The van der Waals surface area contributed by atoms with Crippen LogP contribution in [0.4, 0.5) is 0 Å². The van der Waals surface area contributed by atoms with Crippen LogP contribution >= 0.6 is 0 Å². The summed E-state index contributed by atoms with van der Waals surface area (Å²) in [7, 11) is 0. The highest BCUT2D eigenvalue weighted by atomic mass is 16.6. The number of carbonyl (C=O) groups excluding carboxylic acids is 1. The molecule has 0 unspecified atom stereocenters. The van der Waals surface area contributed by atoms with E-state index in [0.717, 1.165) is 47.2 Å². The Bertz CT molecular complexity index is 1270. The average Bonchev–Trinajstić information content (AvgIpc) is 2.88. The van der Waals surface area contributed by atoms with Crippen molar-refractivity contribution in [2.45, 2.75) is 19.3 Å². The molecule has 1 N–H and O–H groups in total. The smallest absolute Gasteiger partial charge is 0.252 e. The Hall–Kier alpha value is -3.86. The van der Waals surface area contributed by atoms with Crippen LogP contribution < -0.4 is 14.8 Å². The summed E-state index contributed by atoms with van der Waals surface area (Å²) in [5.41, 5.74) is 4.38. The van der Waals surface area contributed by atoms with Crippen molar-refractivity contribution >= 4 is 16.8 Å². The second-order valence-electron chi connectivity index (χ2n) is 8.13. The van der Waals surface area contributed by atoms with Crippen molar-refractivity contribution in [2.75, 3.05) is 19.8 Å². The first kappa shape index (κ1) is 21.0. The molecule has 4 aromatic rings. The number of aromatic nitrogens is 1. The monoisotopic (exact) mass is 438 g/mol. The minimum atomic E-state index is -0.0768. The Morgan fingerprint density at radius 3 is 2.52 bits per heavy atom. The fourth-order valence-corrected chi connectivity index (χ4v) is 4.11. The highest BCUT2D eigenvalue weighted by Gasteiger charge is 2.16. The number of para-hydroxylation sites is 1. The Morgan fingerprint density at radius 2 is 1.64 bits per heavy atom. The summed E-state index contributed by atoms with van der Waals surface area (Å²) < 4.78 is 11.4. The van der Waals surface area contributed by atoms with Gasteiger partial charge in [-0.15, -0.1) is 0 Å². The first-order chi connectivity index (χ1) is 16.3. The largest absolute Gasteiger partial charge is 0.486 e. The van der Waals surface area contributed by atoms with Crippen LogP contribution in [-0.4, -0.2) is 30.6 Å². The highest BCUT2D eigenvalue weighted by molar-refractivity contribution is 6.07. The molecule has 0 bridgehead atoms. The second-order valence-corrected chi connectivity index (χ2v) is 8.13. The van der Waals surface area contributed by atoms with E-state index in [9.17, 15) is 4.79 Å². The van der Waals surface area contributed by atoms with E-state index in [0.29, 0.717) is 31.1 Å². The Balaban J connectivity index is 1.33. The Kier molecular flexibility index (Phi) is 6.20. The quantitative estimate of drug-likeness (QED) is 0.391. The fourth-order valence-electron chi connectivity index (χ4n) is 4.11. The number of ether oxygens (including phenoxy) is 2. The van der Waals surface area contributed by atoms with Crippen molar-refractivity contribution < 1.29 is 14.3 Å². The lowest BCUT2D eigenvalue weighted by Gasteiger charge is -2.19. The van der Waals surface area contributed by atoms with E-state index in [1.807, 2.05) is 54.6 Å². The van der Waals surface area contributed by atoms with Crippen LogP contribution in [0.15, 0.2) is 78.9 Å². The Labute approximate surface area is 193 Å². The molecular weight excluding hydrogens is 412 g/mol. The van der Waals surface area contributed by atoms with Gasteiger partial charge in [-0.25, -0.2) is 4.98 Å². The third kappa shape index (κ3) is 4.82. The molecule has 5 heteroatoms. The molecule has 1 aliphatic heterocycles. The van der Waals surface area contributed by atoms with Crippen LogP contribution in [-0.2, 0) is 6.42 Å². The summed E-state index contributed by atoms with van der Waals surface area (Å²) in [5.74, 6) is 1.37. The average molecular weight is 439 g/mol. The lowest BCUT2D eigenvalue weighted by atomic mass is 10.0. The van der Waals surface area contributed by atoms with Gasteiger partial charge in [0.05, 0.1) is 16.8 Å². The van der Waals surface area contributed by atoms with Gasteiger partial charge in [0.1, 0.15) is 13.2 Å². The van der Waals surface area contributed by atoms with E-state index < -0.39 is 0 Å². The van der Waals surface area contributed by atoms with Crippen molar-refractivity contribution in [3.8, 4) is 22.8 Å². The van der Waals surface area contributed by atoms with Crippen LogP contribution in [0.5, 0.6) is 11.5 Å². The maximum Gasteiger partial charge on any atom is 0.252 e. The number of fused-ring (bicyclic) bond motifs is 2. The van der Waals surface area contributed by atoms with Gasteiger partial charge < -0.3 is 14.8 Å². The number of hydrogen-bond acceptors (Lipinski definition) is 4. The molecule has 166 valence electrons. The van der Waals surface area contributed by atoms with E-state index in [1.54, 1.807) is 0 Å². The standard InChI is InChI=1S/C28H26N2O3/c31-28(29-15-7-6-10-20-8-2-1-3-9-20)23-19-25(30-24-12-5-4-11-22(23)24)21-13-14-26-27(18-21)33-17-16-32-26/h1-5,8-9,11-14,18-19H,6-7,10,15-17H2,(H,29,31). The number of carbonyl (C=O) groups is 1. The maximum absolute atomic E-state index is 13.1. The van der Waals surface area contributed by atoms with E-state index in [4.69, 9.17) is 14.5 Å². The Morgan fingerprint density at radius 1 is 0.848 bits per heavy atom. The molecule has 0 saturated heterocycles. The molecular formula is C28H26N2O3. The lowest BCUT2D eigenvalue weighted by molar-refractivity contribution is 0.0954. The number of benzene rings is 3. The minimum Gasteiger partial charge on any atom is -0.486 e. The topological polar surface area (TPSA) is 60.5 Å². The third-order valence-electron chi connectivity index (χ3n) is 5.82. The van der Waals surface area contributed by atoms with E-state index in [1.165, 1.54) is 5.56 Å². The first-order valence-electron chi connectivity index (χ1n) is 11.4. The molecule has 1 amide bonds. The lowest BCUT2D eigenvalue weighted by Crippen LogP contribution is -2.25. The van der Waals surface area contributed by atoms with Gasteiger partial charge in [-0.2, -0.15) is 0 Å². The zero-order chi connectivity index (χ0) is 22.5. The van der Waals surface area contributed by atoms with Crippen molar-refractivity contribution in [1.82, 2.24) is 10.3 Å². The van der Waals surface area contributed by atoms with Gasteiger partial charge in [0.2, 0.25) is 0 Å². The van der Waals surface area contributed by atoms with Gasteiger partial charge in [-0.3, -0.25) is 4.79 Å². The van der Waals surface area contributed by atoms with E-state index in [-0.39, 0.29) is 5.91 Å². The second kappa shape index (κ2) is 9.74. The predicted molar refractivity (Wildman–Crippen MR) is 130 cm³/mol. The summed E-state index contributed by atoms with van der Waals surface area (Å²) in [6, 6.07) is 25.8. The molecule has 0 fully saturated rings. The molecule has 1 aliphatic rings. The summed E-state index contributed by atoms with van der Waals surface area (Å²) >= 11 is 0. The van der Waals surface area contributed by atoms with Gasteiger partial charge in [-0.1, -0.05) is 48.5 Å². The molecule has 0 aliphatic carbocycles. The van der Waals surface area contributed by atoms with E-state index >= 15 is 0 Å². The SMILES string of the molecule is O=C(NCCCCc1ccccc1)c1cc(-c2ccc3c(c2)OCCO3)nc2ccccc12. The van der Waals surface area contributed by atoms with Crippen molar-refractivity contribution in [3.63, 3.8) is 0 Å². The van der Waals surface area contributed by atoms with Crippen LogP contribution in [0.25, 0.3) is 22.2 Å². The van der Waals surface area contributed by atoms with Crippen LogP contribution in [0.3, 0.4) is 0 Å². The summed E-state index contributed by atoms with van der Waals surface area (Å²) in [4.78, 5) is 17.9. The molecule has 0 radical (unpaired) electrons. The number of amides is 1. The van der Waals surface area contributed by atoms with Gasteiger partial charge in [0, 0.05) is 17.5 Å². The van der Waals surface area contributed by atoms with Crippen molar-refractivity contribution in [3.05, 3.63) is 90.0 Å². The van der Waals surface area contributed by atoms with Crippen LogP contribution in [0.2, 0.25) is 0 Å². The zero-order valence-electron chi connectivity index (χ0n) is 18.4. The first-order valence-corrected chi connectivity index (χ1v) is 11.4. The van der Waals surface area contributed by atoms with Gasteiger partial charge in [0.25, 0.3) is 5.91 Å². The molecule has 5 nitrogen and oxygen atoms in total. The molecule has 3 aromatic carbocycles. The summed E-state index contributed by atoms with van der Waals surface area (Å²) in [6.07, 6.45) is 2.98. The third-order valence-corrected chi connectivity index (χ3v) is 5.82. The predicted octanol–water partition coefficient (Wildman–Crippen LogP) is 5.43. The number of unbranched alkanes of at least 4 members (excludes halogenated alkanes) is 1. The molecule has 1 aromatic heterocycles. The maximum atomic E-state index is 13.1. The number of pyridine rings is 1. The highest BCUT2D eigenvalue weighted by Crippen LogP contribution is 2.35. The molecule has 2 heterocycles. The van der Waals surface area contributed by atoms with Crippen molar-refractivity contribution in [2.24, 2.45) is 0 Å². The van der Waals surface area contributed by atoms with Crippen LogP contribution in [0, 0.1) is 0 Å². The molecule has 0 atom stereocenters. The van der Waals surface area contributed by atoms with Gasteiger partial charge >= 0.3 is 0 Å². The number of rotatable bonds is 7. The summed E-state index contributed by atoms with van der Waals surface area (Å²) in [5, 5.41) is 3.94. The normalized spacial score (nSPS) is 12.5. The number of nitrogens with one attached hydrogen (secondary N) is 1. The molecule has 0 spiro atoms. The molecule has 33 heavy (non-hydrogen) atoms. The number of nitrogens with zero attached hydrogens (tertiary/aromatic N) is 1. The fraction of sp³-hybridized carbons (Fsp3) is 0.214. The van der Waals surface area contributed by atoms with Gasteiger partial charge in [-0.05, 0) is 55.2 Å². The molecule has 5 rings (SSSR count). The van der Waals surface area contributed by atoms with E-state index in [2.05, 4.69) is 29.6 Å². The minimum absolute atomic E-state index is 0.0768.